The highest BCUT2D eigenvalue weighted by Crippen LogP contribution is 2.61. The van der Waals surface area contributed by atoms with E-state index >= 15 is 0 Å². The summed E-state index contributed by atoms with van der Waals surface area (Å²) in [5.41, 5.74) is 21.4. The van der Waals surface area contributed by atoms with Gasteiger partial charge in [0, 0.05) is 27.7 Å². The second-order valence-electron chi connectivity index (χ2n) is 18.0. The van der Waals surface area contributed by atoms with E-state index in [-0.39, 0.29) is 0 Å². The van der Waals surface area contributed by atoms with Crippen molar-refractivity contribution in [2.75, 3.05) is 4.90 Å². The van der Waals surface area contributed by atoms with Crippen LogP contribution < -0.4 is 4.90 Å². The van der Waals surface area contributed by atoms with Gasteiger partial charge in [0.1, 0.15) is 0 Å². The molecule has 0 atom stereocenters. The average molecular weight is 851 g/mol. The van der Waals surface area contributed by atoms with Gasteiger partial charge in [0.25, 0.3) is 0 Å². The predicted molar refractivity (Wildman–Crippen MR) is 280 cm³/mol. The molecule has 67 heavy (non-hydrogen) atoms. The van der Waals surface area contributed by atoms with Crippen LogP contribution in [-0.2, 0) is 5.41 Å². The number of aromatic nitrogens is 1. The van der Waals surface area contributed by atoms with E-state index in [0.717, 1.165) is 28.2 Å². The maximum atomic E-state index is 2.54. The number of fused-ring (bicyclic) bond motifs is 13. The summed E-state index contributed by atoms with van der Waals surface area (Å²) in [5, 5.41) is 5.04. The van der Waals surface area contributed by atoms with E-state index in [1.54, 1.807) is 0 Å². The van der Waals surface area contributed by atoms with E-state index in [1.165, 1.54) is 93.9 Å². The number of hydrogen-bond donors (Lipinski definition) is 0. The lowest BCUT2D eigenvalue weighted by atomic mass is 9.65. The Bertz CT molecular complexity index is 3860. The smallest absolute Gasteiger partial charge is 0.0755 e. The summed E-state index contributed by atoms with van der Waals surface area (Å²) in [6.07, 6.45) is 0. The van der Waals surface area contributed by atoms with E-state index in [0.29, 0.717) is 0 Å². The third-order valence-electron chi connectivity index (χ3n) is 14.6. The molecule has 1 aromatic heterocycles. The Labute approximate surface area is 389 Å². The van der Waals surface area contributed by atoms with Crippen LogP contribution in [0.5, 0.6) is 0 Å². The van der Waals surface area contributed by atoms with Crippen molar-refractivity contribution < 1.29 is 0 Å². The first-order valence-corrected chi connectivity index (χ1v) is 23.3. The summed E-state index contributed by atoms with van der Waals surface area (Å²) in [6, 6.07) is 94.5. The van der Waals surface area contributed by atoms with Crippen molar-refractivity contribution >= 4 is 49.6 Å². The highest BCUT2D eigenvalue weighted by Gasteiger charge is 2.51. The van der Waals surface area contributed by atoms with Gasteiger partial charge in [-0.2, -0.15) is 0 Å². The van der Waals surface area contributed by atoms with Crippen LogP contribution in [0.2, 0.25) is 0 Å². The lowest BCUT2D eigenvalue weighted by Crippen LogP contribution is -2.33. The first-order chi connectivity index (χ1) is 33.3. The van der Waals surface area contributed by atoms with E-state index in [2.05, 4.69) is 264 Å². The highest BCUT2D eigenvalue weighted by molar-refractivity contribution is 6.13. The lowest BCUT2D eigenvalue weighted by Gasteiger charge is -2.40. The molecular weight excluding hydrogens is 809 g/mol. The summed E-state index contributed by atoms with van der Waals surface area (Å²) < 4.78 is 2.54. The molecule has 0 saturated heterocycles. The molecule has 1 aliphatic heterocycles. The first-order valence-electron chi connectivity index (χ1n) is 23.3. The van der Waals surface area contributed by atoms with E-state index < -0.39 is 5.41 Å². The molecule has 2 heteroatoms. The van der Waals surface area contributed by atoms with Crippen molar-refractivity contribution in [1.29, 1.82) is 0 Å². The molecule has 0 fully saturated rings. The van der Waals surface area contributed by atoms with E-state index in [4.69, 9.17) is 0 Å². The van der Waals surface area contributed by atoms with Gasteiger partial charge in [-0.1, -0.05) is 212 Å². The molecule has 1 spiro atoms. The minimum absolute atomic E-state index is 0.570. The van der Waals surface area contributed by atoms with Crippen molar-refractivity contribution in [3.05, 3.63) is 277 Å². The van der Waals surface area contributed by atoms with Crippen LogP contribution in [0.3, 0.4) is 0 Å². The van der Waals surface area contributed by atoms with Gasteiger partial charge < -0.3 is 9.47 Å². The molecule has 0 saturated carbocycles. The van der Waals surface area contributed by atoms with E-state index in [9.17, 15) is 0 Å². The first kappa shape index (κ1) is 37.6. The Kier molecular flexibility index (Phi) is 8.23. The monoisotopic (exact) mass is 850 g/mol. The molecule has 2 aliphatic rings. The van der Waals surface area contributed by atoms with Gasteiger partial charge in [-0.25, -0.2) is 0 Å². The predicted octanol–water partition coefficient (Wildman–Crippen LogP) is 17.1. The summed E-state index contributed by atoms with van der Waals surface area (Å²) in [4.78, 5) is 2.48. The zero-order valence-corrected chi connectivity index (χ0v) is 36.6. The van der Waals surface area contributed by atoms with Crippen molar-refractivity contribution in [3.8, 4) is 50.2 Å². The SMILES string of the molecule is c1ccc(-c2ccc(-c3ccccc3N(c3ccc(-c4cccc5ccccc45)cc3)c3ccc4c(c3)C3(c5ccccc5-c5ccccc53)c3cccc5c6ccccc6n-4c35)cc2)cc1. The molecule has 0 N–H and O–H groups in total. The highest BCUT2D eigenvalue weighted by atomic mass is 15.1. The molecule has 12 aromatic rings. The van der Waals surface area contributed by atoms with Crippen molar-refractivity contribution in [2.45, 2.75) is 5.41 Å². The van der Waals surface area contributed by atoms with Gasteiger partial charge in [-0.05, 0) is 114 Å². The lowest BCUT2D eigenvalue weighted by molar-refractivity contribution is 0.748. The fourth-order valence-electron chi connectivity index (χ4n) is 11.8. The van der Waals surface area contributed by atoms with Crippen LogP contribution >= 0.6 is 0 Å². The maximum absolute atomic E-state index is 2.54. The Morgan fingerprint density at radius 2 is 0.836 bits per heavy atom. The zero-order valence-electron chi connectivity index (χ0n) is 36.6. The quantitative estimate of drug-likeness (QED) is 0.162. The molecule has 0 unspecified atom stereocenters. The van der Waals surface area contributed by atoms with Crippen molar-refractivity contribution in [1.82, 2.24) is 4.57 Å². The molecule has 2 nitrogen and oxygen atoms in total. The van der Waals surface area contributed by atoms with Crippen LogP contribution in [0.15, 0.2) is 255 Å². The Morgan fingerprint density at radius 1 is 0.313 bits per heavy atom. The molecule has 11 aromatic carbocycles. The van der Waals surface area contributed by atoms with Crippen molar-refractivity contribution in [3.63, 3.8) is 0 Å². The van der Waals surface area contributed by atoms with Crippen LogP contribution in [0, 0.1) is 0 Å². The van der Waals surface area contributed by atoms with Gasteiger partial charge in [-0.3, -0.25) is 0 Å². The van der Waals surface area contributed by atoms with E-state index in [1.807, 2.05) is 0 Å². The van der Waals surface area contributed by atoms with Crippen LogP contribution in [-0.4, -0.2) is 4.57 Å². The maximum Gasteiger partial charge on any atom is 0.0755 e. The largest absolute Gasteiger partial charge is 0.310 e. The third kappa shape index (κ3) is 5.45. The zero-order chi connectivity index (χ0) is 44.1. The molecule has 312 valence electrons. The third-order valence-corrected chi connectivity index (χ3v) is 14.6. The topological polar surface area (TPSA) is 8.17 Å². The molecule has 14 rings (SSSR count). The van der Waals surface area contributed by atoms with Crippen LogP contribution in [0.1, 0.15) is 22.3 Å². The number of rotatable bonds is 6. The molecular formula is C65H42N2. The second-order valence-corrected chi connectivity index (χ2v) is 18.0. The fourth-order valence-corrected chi connectivity index (χ4v) is 11.8. The summed E-state index contributed by atoms with van der Waals surface area (Å²) in [6.45, 7) is 0. The minimum atomic E-state index is -0.570. The Morgan fingerprint density at radius 3 is 1.63 bits per heavy atom. The fraction of sp³-hybridized carbons (Fsp3) is 0.0154. The molecule has 2 heterocycles. The van der Waals surface area contributed by atoms with Gasteiger partial charge in [0.15, 0.2) is 0 Å². The van der Waals surface area contributed by atoms with Crippen LogP contribution in [0.4, 0.5) is 17.1 Å². The van der Waals surface area contributed by atoms with Gasteiger partial charge in [-0.15, -0.1) is 0 Å². The van der Waals surface area contributed by atoms with Gasteiger partial charge >= 0.3 is 0 Å². The number of nitrogens with zero attached hydrogens (tertiary/aromatic N) is 2. The molecule has 0 amide bonds. The van der Waals surface area contributed by atoms with Gasteiger partial charge in [0.2, 0.25) is 0 Å². The number of para-hydroxylation sites is 3. The molecule has 1 aliphatic carbocycles. The standard InChI is InChI=1S/C65H42N2/c1-2-16-43(17-3-1)44-32-34-47(35-33-44)52-21-8-12-30-61(52)66(48-38-36-46(37-39-48)51-25-14-19-45-18-4-5-20-50(45)51)49-40-41-63-60(42-49)65(57-27-10-6-22-53(57)54-23-7-11-28-58(54)65)59-29-15-26-56-55-24-9-13-31-62(55)67(63)64(56)59/h1-42H. The second kappa shape index (κ2) is 14.7. The number of anilines is 3. The average Bonchev–Trinajstić information content (AvgIpc) is 3.90. The molecule has 0 bridgehead atoms. The summed E-state index contributed by atoms with van der Waals surface area (Å²) >= 11 is 0. The minimum Gasteiger partial charge on any atom is -0.310 e. The van der Waals surface area contributed by atoms with Crippen molar-refractivity contribution in [2.24, 2.45) is 0 Å². The molecule has 0 radical (unpaired) electrons. The van der Waals surface area contributed by atoms with Gasteiger partial charge in [0.05, 0.1) is 27.8 Å². The summed E-state index contributed by atoms with van der Waals surface area (Å²) in [5.74, 6) is 0. The Hall–Kier alpha value is -8.72. The van der Waals surface area contributed by atoms with Crippen LogP contribution in [0.25, 0.3) is 82.8 Å². The number of benzene rings is 11. The summed E-state index contributed by atoms with van der Waals surface area (Å²) in [7, 11) is 0. The number of hydrogen-bond acceptors (Lipinski definition) is 1. The Balaban J connectivity index is 1.03. The normalized spacial score (nSPS) is 12.9.